The summed E-state index contributed by atoms with van der Waals surface area (Å²) in [5.41, 5.74) is 11.1. The van der Waals surface area contributed by atoms with Crippen molar-refractivity contribution in [3.05, 3.63) is 197 Å². The van der Waals surface area contributed by atoms with Crippen LogP contribution in [0.1, 0.15) is 47.2 Å². The fraction of sp³-hybridized carbons (Fsp3) is 0.0870. The highest BCUT2D eigenvalue weighted by atomic mass is 32.2. The molecule has 1 spiro atoms. The average molecular weight is 664 g/mol. The van der Waals surface area contributed by atoms with Gasteiger partial charge in [0.25, 0.3) is 0 Å². The van der Waals surface area contributed by atoms with Gasteiger partial charge in [0.2, 0.25) is 0 Å². The summed E-state index contributed by atoms with van der Waals surface area (Å²) < 4.78 is 2.61. The van der Waals surface area contributed by atoms with E-state index >= 15 is 0 Å². The molecule has 2 heterocycles. The monoisotopic (exact) mass is 663 g/mol. The van der Waals surface area contributed by atoms with E-state index in [0.29, 0.717) is 0 Å². The molecule has 1 nitrogen and oxygen atoms in total. The second-order valence-electron chi connectivity index (χ2n) is 13.7. The summed E-state index contributed by atoms with van der Waals surface area (Å²) in [6.45, 7) is 4.78. The molecule has 49 heavy (non-hydrogen) atoms. The molecule has 0 saturated carbocycles. The van der Waals surface area contributed by atoms with Gasteiger partial charge in [0.1, 0.15) is 0 Å². The lowest BCUT2D eigenvalue weighted by molar-refractivity contribution is 0.549. The zero-order chi connectivity index (χ0) is 32.7. The van der Waals surface area contributed by atoms with Crippen LogP contribution < -0.4 is 4.90 Å². The third-order valence-electron chi connectivity index (χ3n) is 10.8. The Hall–Kier alpha value is -5.09. The number of para-hydroxylation sites is 1. The predicted molar refractivity (Wildman–Crippen MR) is 209 cm³/mol. The highest BCUT2D eigenvalue weighted by molar-refractivity contribution is 7.99. The Balaban J connectivity index is 1.30. The maximum atomic E-state index is 2.50. The standard InChI is InChI=1S/C46H33NS2/c1-45(2)34-19-7-9-21-36(34)46(37-22-10-8-20-35(37)45)38-23-11-13-26-42(38)48-43-28-27-31(29-39(43)46)47(30-15-4-3-5-16-30)40-24-14-18-33-32-17-6-12-25-41(32)49-44(33)40/h3-29H,1-2H3. The molecule has 234 valence electrons. The van der Waals surface area contributed by atoms with Gasteiger partial charge in [-0.3, -0.25) is 0 Å². The highest BCUT2D eigenvalue weighted by Gasteiger charge is 2.52. The second kappa shape index (κ2) is 10.7. The van der Waals surface area contributed by atoms with E-state index in [4.69, 9.17) is 0 Å². The molecule has 0 radical (unpaired) electrons. The molecule has 0 atom stereocenters. The lowest BCUT2D eigenvalue weighted by Crippen LogP contribution is -2.43. The van der Waals surface area contributed by atoms with Crippen LogP contribution in [0.15, 0.2) is 174 Å². The number of anilines is 3. The molecule has 0 amide bonds. The molecule has 0 bridgehead atoms. The molecule has 1 aromatic heterocycles. The van der Waals surface area contributed by atoms with Crippen molar-refractivity contribution in [2.75, 3.05) is 4.90 Å². The van der Waals surface area contributed by atoms with E-state index in [0.717, 1.165) is 11.4 Å². The Morgan fingerprint density at radius 1 is 0.449 bits per heavy atom. The minimum Gasteiger partial charge on any atom is -0.309 e. The number of hydrogen-bond donors (Lipinski definition) is 0. The van der Waals surface area contributed by atoms with E-state index in [-0.39, 0.29) is 5.41 Å². The molecule has 1 aliphatic heterocycles. The summed E-state index contributed by atoms with van der Waals surface area (Å²) in [6.07, 6.45) is 0. The van der Waals surface area contributed by atoms with E-state index in [9.17, 15) is 0 Å². The molecule has 1 aliphatic carbocycles. The zero-order valence-corrected chi connectivity index (χ0v) is 29.0. The summed E-state index contributed by atoms with van der Waals surface area (Å²) in [4.78, 5) is 5.10. The van der Waals surface area contributed by atoms with Crippen LogP contribution in [0, 0.1) is 0 Å². The average Bonchev–Trinajstić information content (AvgIpc) is 3.54. The third-order valence-corrected chi connectivity index (χ3v) is 13.1. The smallest absolute Gasteiger partial charge is 0.0730 e. The van der Waals surface area contributed by atoms with Crippen molar-refractivity contribution < 1.29 is 0 Å². The molecule has 0 fully saturated rings. The molecular weight excluding hydrogens is 631 g/mol. The van der Waals surface area contributed by atoms with Crippen LogP contribution in [0.4, 0.5) is 17.1 Å². The summed E-state index contributed by atoms with van der Waals surface area (Å²) in [6, 6.07) is 61.1. The first-order chi connectivity index (χ1) is 24.1. The quantitative estimate of drug-likeness (QED) is 0.185. The van der Waals surface area contributed by atoms with Crippen LogP contribution in [0.25, 0.3) is 20.2 Å². The van der Waals surface area contributed by atoms with Crippen LogP contribution in [0.5, 0.6) is 0 Å². The van der Waals surface area contributed by atoms with Gasteiger partial charge in [-0.05, 0) is 81.9 Å². The summed E-state index contributed by atoms with van der Waals surface area (Å²) in [5.74, 6) is 0. The van der Waals surface area contributed by atoms with Crippen LogP contribution in [0.3, 0.4) is 0 Å². The van der Waals surface area contributed by atoms with Gasteiger partial charge < -0.3 is 4.90 Å². The van der Waals surface area contributed by atoms with Crippen molar-refractivity contribution in [3.63, 3.8) is 0 Å². The first-order valence-corrected chi connectivity index (χ1v) is 18.6. The van der Waals surface area contributed by atoms with Crippen molar-refractivity contribution in [2.45, 2.75) is 34.5 Å². The lowest BCUT2D eigenvalue weighted by atomic mass is 9.54. The molecule has 7 aromatic carbocycles. The molecule has 0 unspecified atom stereocenters. The highest BCUT2D eigenvalue weighted by Crippen LogP contribution is 2.62. The molecule has 0 N–H and O–H groups in total. The van der Waals surface area contributed by atoms with E-state index < -0.39 is 5.41 Å². The summed E-state index contributed by atoms with van der Waals surface area (Å²) >= 11 is 3.78. The Kier molecular flexibility index (Phi) is 6.31. The molecule has 2 aliphatic rings. The van der Waals surface area contributed by atoms with E-state index in [2.05, 4.69) is 183 Å². The Morgan fingerprint density at radius 3 is 1.80 bits per heavy atom. The minimum absolute atomic E-state index is 0.136. The second-order valence-corrected chi connectivity index (χ2v) is 15.8. The maximum Gasteiger partial charge on any atom is 0.0730 e. The van der Waals surface area contributed by atoms with Gasteiger partial charge in [0.15, 0.2) is 0 Å². The number of benzene rings is 7. The third kappa shape index (κ3) is 4.00. The van der Waals surface area contributed by atoms with E-state index in [1.807, 2.05) is 23.1 Å². The SMILES string of the molecule is CC1(C)c2ccccc2C2(c3ccccc3Sc3ccc(N(c4ccccc4)c4cccc5c4sc4ccccc45)cc32)c2ccccc21. The Labute approximate surface area is 295 Å². The fourth-order valence-electron chi connectivity index (χ4n) is 8.66. The van der Waals surface area contributed by atoms with Gasteiger partial charge in [0, 0.05) is 42.1 Å². The van der Waals surface area contributed by atoms with Crippen LogP contribution in [-0.4, -0.2) is 0 Å². The lowest BCUT2D eigenvalue weighted by Gasteiger charge is -2.50. The first kappa shape index (κ1) is 28.9. The molecule has 10 rings (SSSR count). The molecule has 3 heteroatoms. The minimum atomic E-state index is -0.470. The van der Waals surface area contributed by atoms with Gasteiger partial charge >= 0.3 is 0 Å². The zero-order valence-electron chi connectivity index (χ0n) is 27.4. The topological polar surface area (TPSA) is 3.24 Å². The van der Waals surface area contributed by atoms with Gasteiger partial charge in [-0.2, -0.15) is 0 Å². The normalized spacial score (nSPS) is 15.0. The van der Waals surface area contributed by atoms with Crippen LogP contribution in [0.2, 0.25) is 0 Å². The first-order valence-electron chi connectivity index (χ1n) is 16.9. The fourth-order valence-corrected chi connectivity index (χ4v) is 11.0. The molecule has 8 aromatic rings. The van der Waals surface area contributed by atoms with Gasteiger partial charge in [0.05, 0.1) is 15.8 Å². The van der Waals surface area contributed by atoms with Gasteiger partial charge in [-0.25, -0.2) is 0 Å². The number of nitrogens with zero attached hydrogens (tertiary/aromatic N) is 1. The van der Waals surface area contributed by atoms with Crippen molar-refractivity contribution in [1.29, 1.82) is 0 Å². The summed E-state index contributed by atoms with van der Waals surface area (Å²) in [7, 11) is 0. The summed E-state index contributed by atoms with van der Waals surface area (Å²) in [5, 5.41) is 2.61. The van der Waals surface area contributed by atoms with Crippen molar-refractivity contribution in [2.24, 2.45) is 0 Å². The maximum absolute atomic E-state index is 2.50. The van der Waals surface area contributed by atoms with Gasteiger partial charge in [-0.15, -0.1) is 11.3 Å². The van der Waals surface area contributed by atoms with Crippen LogP contribution >= 0.6 is 23.1 Å². The molecular formula is C46H33NS2. The van der Waals surface area contributed by atoms with Crippen molar-refractivity contribution in [1.82, 2.24) is 0 Å². The number of hydrogen-bond acceptors (Lipinski definition) is 3. The van der Waals surface area contributed by atoms with E-state index in [1.54, 1.807) is 0 Å². The predicted octanol–water partition coefficient (Wildman–Crippen LogP) is 13.0. The Bertz CT molecular complexity index is 2530. The largest absolute Gasteiger partial charge is 0.309 e. The van der Waals surface area contributed by atoms with Crippen molar-refractivity contribution >= 4 is 60.3 Å². The van der Waals surface area contributed by atoms with Crippen molar-refractivity contribution in [3.8, 4) is 0 Å². The number of thiophene rings is 1. The molecule has 0 saturated heterocycles. The number of fused-ring (bicyclic) bond motifs is 11. The van der Waals surface area contributed by atoms with Crippen LogP contribution in [-0.2, 0) is 10.8 Å². The Morgan fingerprint density at radius 2 is 1.04 bits per heavy atom. The van der Waals surface area contributed by atoms with E-state index in [1.165, 1.54) is 69.0 Å². The van der Waals surface area contributed by atoms with Gasteiger partial charge in [-0.1, -0.05) is 141 Å². The number of rotatable bonds is 3.